The lowest BCUT2D eigenvalue weighted by atomic mass is 10.3. The Kier molecular flexibility index (Phi) is 2.96. The van der Waals surface area contributed by atoms with Gasteiger partial charge in [-0.2, -0.15) is 5.10 Å². The average Bonchev–Trinajstić information content (AvgIpc) is 2.31. The summed E-state index contributed by atoms with van der Waals surface area (Å²) in [5.41, 5.74) is 6.39. The lowest BCUT2D eigenvalue weighted by Gasteiger charge is -2.01. The van der Waals surface area contributed by atoms with Crippen LogP contribution in [0.25, 0.3) is 0 Å². The van der Waals surface area contributed by atoms with Crippen molar-refractivity contribution in [3.8, 4) is 0 Å². The Bertz CT molecular complexity index is 241. The number of nitrogens with zero attached hydrogens (tertiary/aromatic N) is 2. The highest BCUT2D eigenvalue weighted by Crippen LogP contribution is 2.13. The maximum absolute atomic E-state index is 5.68. The van der Waals surface area contributed by atoms with Gasteiger partial charge >= 0.3 is 0 Å². The van der Waals surface area contributed by atoms with Gasteiger partial charge in [0.25, 0.3) is 0 Å². The number of aromatic nitrogens is 2. The molecule has 68 valence electrons. The van der Waals surface area contributed by atoms with Crippen LogP contribution in [-0.2, 0) is 7.05 Å². The van der Waals surface area contributed by atoms with Crippen molar-refractivity contribution in [3.63, 3.8) is 0 Å². The van der Waals surface area contributed by atoms with Crippen LogP contribution in [0, 0.1) is 0 Å². The van der Waals surface area contributed by atoms with E-state index < -0.39 is 0 Å². The summed E-state index contributed by atoms with van der Waals surface area (Å²) in [6, 6.07) is 0. The third kappa shape index (κ3) is 2.15. The fourth-order valence-corrected chi connectivity index (χ4v) is 1.03. The second kappa shape index (κ2) is 3.99. The highest BCUT2D eigenvalue weighted by molar-refractivity contribution is 5.59. The number of nitrogens with one attached hydrogen (secondary N) is 1. The number of anilines is 2. The summed E-state index contributed by atoms with van der Waals surface area (Å²) in [6.45, 7) is 3.10. The van der Waals surface area contributed by atoms with E-state index in [4.69, 9.17) is 5.73 Å². The molecular weight excluding hydrogens is 152 g/mol. The molecule has 0 aliphatic heterocycles. The van der Waals surface area contributed by atoms with Crippen molar-refractivity contribution in [2.45, 2.75) is 19.8 Å². The maximum atomic E-state index is 5.68. The van der Waals surface area contributed by atoms with E-state index in [0.29, 0.717) is 5.69 Å². The van der Waals surface area contributed by atoms with Crippen LogP contribution in [0.1, 0.15) is 19.8 Å². The summed E-state index contributed by atoms with van der Waals surface area (Å²) in [4.78, 5) is 0. The van der Waals surface area contributed by atoms with Crippen LogP contribution in [0.4, 0.5) is 11.5 Å². The van der Waals surface area contributed by atoms with Crippen molar-refractivity contribution < 1.29 is 0 Å². The summed E-state index contributed by atoms with van der Waals surface area (Å²) in [5.74, 6) is 0.797. The average molecular weight is 168 g/mol. The smallest absolute Gasteiger partial charge is 0.171 e. The van der Waals surface area contributed by atoms with Crippen LogP contribution in [0.5, 0.6) is 0 Å². The van der Waals surface area contributed by atoms with Gasteiger partial charge in [0.1, 0.15) is 0 Å². The number of nitrogens with two attached hydrogens (primary N) is 1. The van der Waals surface area contributed by atoms with Crippen molar-refractivity contribution in [2.24, 2.45) is 7.05 Å². The summed E-state index contributed by atoms with van der Waals surface area (Å²) >= 11 is 0. The number of aryl methyl sites for hydroxylation is 1. The molecule has 4 heteroatoms. The first-order chi connectivity index (χ1) is 5.74. The standard InChI is InChI=1S/C8H16N4/c1-3-4-5-10-8-7(9)6-12(2)11-8/h6H,3-5,9H2,1-2H3,(H,10,11). The van der Waals surface area contributed by atoms with Gasteiger partial charge in [0.15, 0.2) is 5.82 Å². The lowest BCUT2D eigenvalue weighted by molar-refractivity contribution is 0.763. The molecule has 1 aromatic heterocycles. The molecule has 4 nitrogen and oxygen atoms in total. The molecule has 1 rings (SSSR count). The van der Waals surface area contributed by atoms with Crippen molar-refractivity contribution in [3.05, 3.63) is 6.20 Å². The molecule has 0 aliphatic rings. The monoisotopic (exact) mass is 168 g/mol. The third-order valence-corrected chi connectivity index (χ3v) is 1.68. The molecule has 0 aliphatic carbocycles. The normalized spacial score (nSPS) is 10.2. The Morgan fingerprint density at radius 1 is 1.67 bits per heavy atom. The fourth-order valence-electron chi connectivity index (χ4n) is 1.03. The van der Waals surface area contributed by atoms with E-state index in [0.717, 1.165) is 18.8 Å². The Morgan fingerprint density at radius 3 is 2.92 bits per heavy atom. The van der Waals surface area contributed by atoms with Crippen molar-refractivity contribution >= 4 is 11.5 Å². The van der Waals surface area contributed by atoms with Crippen LogP contribution >= 0.6 is 0 Å². The van der Waals surface area contributed by atoms with Crippen molar-refractivity contribution in [1.29, 1.82) is 0 Å². The SMILES string of the molecule is CCCCNc1nn(C)cc1N. The molecule has 0 spiro atoms. The zero-order valence-electron chi connectivity index (χ0n) is 7.67. The summed E-state index contributed by atoms with van der Waals surface area (Å²) in [7, 11) is 1.86. The van der Waals surface area contributed by atoms with Crippen LogP contribution in [0.2, 0.25) is 0 Å². The van der Waals surface area contributed by atoms with Gasteiger partial charge in [-0.1, -0.05) is 13.3 Å². The Labute approximate surface area is 72.8 Å². The molecule has 0 saturated carbocycles. The summed E-state index contributed by atoms with van der Waals surface area (Å²) in [5, 5.41) is 7.34. The topological polar surface area (TPSA) is 55.9 Å². The first-order valence-corrected chi connectivity index (χ1v) is 4.27. The molecule has 1 aromatic rings. The van der Waals surface area contributed by atoms with Gasteiger partial charge < -0.3 is 11.1 Å². The van der Waals surface area contributed by atoms with Crippen LogP contribution in [0.15, 0.2) is 6.20 Å². The van der Waals surface area contributed by atoms with Gasteiger partial charge in [-0.05, 0) is 6.42 Å². The number of hydrogen-bond donors (Lipinski definition) is 2. The summed E-state index contributed by atoms with van der Waals surface area (Å²) in [6.07, 6.45) is 4.13. The highest BCUT2D eigenvalue weighted by atomic mass is 15.3. The number of nitrogen functional groups attached to an aromatic ring is 1. The minimum Gasteiger partial charge on any atom is -0.394 e. The van der Waals surface area contributed by atoms with E-state index in [-0.39, 0.29) is 0 Å². The van der Waals surface area contributed by atoms with E-state index in [1.54, 1.807) is 10.9 Å². The fraction of sp³-hybridized carbons (Fsp3) is 0.625. The minimum absolute atomic E-state index is 0.716. The predicted octanol–water partition coefficient (Wildman–Crippen LogP) is 1.21. The van der Waals surface area contributed by atoms with Gasteiger partial charge in [0, 0.05) is 19.8 Å². The molecule has 0 saturated heterocycles. The number of hydrogen-bond acceptors (Lipinski definition) is 3. The van der Waals surface area contributed by atoms with Gasteiger partial charge in [-0.3, -0.25) is 4.68 Å². The zero-order chi connectivity index (χ0) is 8.97. The van der Waals surface area contributed by atoms with E-state index in [1.807, 2.05) is 7.05 Å². The van der Waals surface area contributed by atoms with Crippen LogP contribution in [-0.4, -0.2) is 16.3 Å². The molecule has 12 heavy (non-hydrogen) atoms. The molecule has 3 N–H and O–H groups in total. The highest BCUT2D eigenvalue weighted by Gasteiger charge is 2.01. The molecular formula is C8H16N4. The van der Waals surface area contributed by atoms with Gasteiger partial charge in [-0.15, -0.1) is 0 Å². The Hall–Kier alpha value is -1.19. The van der Waals surface area contributed by atoms with Gasteiger partial charge in [-0.25, -0.2) is 0 Å². The van der Waals surface area contributed by atoms with E-state index in [1.165, 1.54) is 6.42 Å². The van der Waals surface area contributed by atoms with Gasteiger partial charge in [0.05, 0.1) is 5.69 Å². The number of rotatable bonds is 4. The van der Waals surface area contributed by atoms with E-state index >= 15 is 0 Å². The first kappa shape index (κ1) is 8.90. The molecule has 0 bridgehead atoms. The van der Waals surface area contributed by atoms with Crippen LogP contribution < -0.4 is 11.1 Å². The maximum Gasteiger partial charge on any atom is 0.171 e. The molecule has 0 radical (unpaired) electrons. The van der Waals surface area contributed by atoms with E-state index in [9.17, 15) is 0 Å². The van der Waals surface area contributed by atoms with Crippen molar-refractivity contribution in [2.75, 3.05) is 17.6 Å². The molecule has 0 aromatic carbocycles. The molecule has 0 atom stereocenters. The molecule has 1 heterocycles. The largest absolute Gasteiger partial charge is 0.394 e. The molecule has 0 fully saturated rings. The Balaban J connectivity index is 2.45. The molecule has 0 unspecified atom stereocenters. The predicted molar refractivity (Wildman–Crippen MR) is 51.0 cm³/mol. The summed E-state index contributed by atoms with van der Waals surface area (Å²) < 4.78 is 1.71. The number of unbranched alkanes of at least 4 members (excludes halogenated alkanes) is 1. The first-order valence-electron chi connectivity index (χ1n) is 4.27. The lowest BCUT2D eigenvalue weighted by Crippen LogP contribution is -2.03. The molecule has 0 amide bonds. The quantitative estimate of drug-likeness (QED) is 0.664. The van der Waals surface area contributed by atoms with Crippen molar-refractivity contribution in [1.82, 2.24) is 9.78 Å². The second-order valence-electron chi connectivity index (χ2n) is 2.89. The Morgan fingerprint density at radius 2 is 2.42 bits per heavy atom. The minimum atomic E-state index is 0.716. The third-order valence-electron chi connectivity index (χ3n) is 1.68. The van der Waals surface area contributed by atoms with E-state index in [2.05, 4.69) is 17.3 Å². The van der Waals surface area contributed by atoms with Gasteiger partial charge in [0.2, 0.25) is 0 Å². The van der Waals surface area contributed by atoms with Crippen LogP contribution in [0.3, 0.4) is 0 Å². The second-order valence-corrected chi connectivity index (χ2v) is 2.89. The zero-order valence-corrected chi connectivity index (χ0v) is 7.67.